The second kappa shape index (κ2) is 8.08. The van der Waals surface area contributed by atoms with E-state index in [2.05, 4.69) is 6.07 Å². The van der Waals surface area contributed by atoms with Crippen LogP contribution in [0.4, 0.5) is 5.69 Å². The lowest BCUT2D eigenvalue weighted by atomic mass is 10.1. The molecular formula is C16H17ClN2O. The highest BCUT2D eigenvalue weighted by Crippen LogP contribution is 2.13. The number of halogens is 1. The van der Waals surface area contributed by atoms with Crippen molar-refractivity contribution in [3.05, 3.63) is 59.7 Å². The summed E-state index contributed by atoms with van der Waals surface area (Å²) < 4.78 is 5.62. The maximum absolute atomic E-state index is 8.69. The molecule has 0 aliphatic heterocycles. The van der Waals surface area contributed by atoms with Crippen molar-refractivity contribution in [3.8, 4) is 11.8 Å². The van der Waals surface area contributed by atoms with E-state index in [0.29, 0.717) is 12.2 Å². The minimum atomic E-state index is 0. The molecule has 0 aromatic heterocycles. The average molecular weight is 289 g/mol. The van der Waals surface area contributed by atoms with Crippen LogP contribution in [0.2, 0.25) is 0 Å². The molecule has 0 unspecified atom stereocenters. The first-order valence-electron chi connectivity index (χ1n) is 6.25. The fourth-order valence-electron chi connectivity index (χ4n) is 1.78. The van der Waals surface area contributed by atoms with Gasteiger partial charge in [-0.05, 0) is 54.8 Å². The molecule has 0 aliphatic carbocycles. The largest absolute Gasteiger partial charge is 0.494 e. The fourth-order valence-corrected chi connectivity index (χ4v) is 1.78. The van der Waals surface area contributed by atoms with Gasteiger partial charge in [0.1, 0.15) is 5.75 Å². The molecule has 2 aromatic rings. The summed E-state index contributed by atoms with van der Waals surface area (Å²) in [4.78, 5) is 0. The van der Waals surface area contributed by atoms with Gasteiger partial charge in [0.05, 0.1) is 18.2 Å². The fraction of sp³-hybridized carbons (Fsp3) is 0.188. The van der Waals surface area contributed by atoms with Crippen LogP contribution >= 0.6 is 12.4 Å². The zero-order chi connectivity index (χ0) is 13.5. The quantitative estimate of drug-likeness (QED) is 0.676. The molecule has 2 aromatic carbocycles. The Balaban J connectivity index is 0.00000200. The molecular weight excluding hydrogens is 272 g/mol. The SMILES string of the molecule is Cl.N#Cc1ccc(OCCCc2ccc(N)cc2)cc1. The summed E-state index contributed by atoms with van der Waals surface area (Å²) in [6.07, 6.45) is 1.92. The number of nitriles is 1. The van der Waals surface area contributed by atoms with Gasteiger partial charge < -0.3 is 10.5 Å². The van der Waals surface area contributed by atoms with Gasteiger partial charge in [0, 0.05) is 5.69 Å². The summed E-state index contributed by atoms with van der Waals surface area (Å²) in [5.41, 5.74) is 8.33. The number of nitrogens with zero attached hydrogens (tertiary/aromatic N) is 1. The van der Waals surface area contributed by atoms with Gasteiger partial charge in [0.25, 0.3) is 0 Å². The van der Waals surface area contributed by atoms with E-state index in [4.69, 9.17) is 15.7 Å². The lowest BCUT2D eigenvalue weighted by molar-refractivity contribution is 0.311. The van der Waals surface area contributed by atoms with Gasteiger partial charge in [-0.3, -0.25) is 0 Å². The second-order valence-corrected chi connectivity index (χ2v) is 4.33. The molecule has 0 heterocycles. The number of rotatable bonds is 5. The van der Waals surface area contributed by atoms with Crippen molar-refractivity contribution < 1.29 is 4.74 Å². The number of hydrogen-bond donors (Lipinski definition) is 1. The highest BCUT2D eigenvalue weighted by atomic mass is 35.5. The standard InChI is InChI=1S/C16H16N2O.ClH/c17-12-14-5-9-16(10-6-14)19-11-1-2-13-3-7-15(18)8-4-13;/h3-10H,1-2,11,18H2;1H. The number of anilines is 1. The molecule has 0 amide bonds. The molecule has 0 radical (unpaired) electrons. The zero-order valence-electron chi connectivity index (χ0n) is 11.1. The average Bonchev–Trinajstić information content (AvgIpc) is 2.46. The molecule has 2 rings (SSSR count). The first-order chi connectivity index (χ1) is 9.28. The third-order valence-electron chi connectivity index (χ3n) is 2.84. The Morgan fingerprint density at radius 2 is 1.65 bits per heavy atom. The monoisotopic (exact) mass is 288 g/mol. The van der Waals surface area contributed by atoms with E-state index in [1.54, 1.807) is 12.1 Å². The minimum Gasteiger partial charge on any atom is -0.494 e. The molecule has 4 heteroatoms. The summed E-state index contributed by atoms with van der Waals surface area (Å²) in [7, 11) is 0. The van der Waals surface area contributed by atoms with Gasteiger partial charge in [-0.25, -0.2) is 0 Å². The summed E-state index contributed by atoms with van der Waals surface area (Å²) in [6.45, 7) is 0.663. The molecule has 0 fully saturated rings. The van der Waals surface area contributed by atoms with E-state index in [9.17, 15) is 0 Å². The molecule has 0 aliphatic rings. The molecule has 0 saturated carbocycles. The van der Waals surface area contributed by atoms with Crippen molar-refractivity contribution in [3.63, 3.8) is 0 Å². The van der Waals surface area contributed by atoms with E-state index in [-0.39, 0.29) is 12.4 Å². The molecule has 104 valence electrons. The second-order valence-electron chi connectivity index (χ2n) is 4.33. The van der Waals surface area contributed by atoms with Gasteiger partial charge in [0.2, 0.25) is 0 Å². The molecule has 0 bridgehead atoms. The lowest BCUT2D eigenvalue weighted by Crippen LogP contribution is -1.99. The maximum atomic E-state index is 8.69. The Morgan fingerprint density at radius 1 is 1.00 bits per heavy atom. The van der Waals surface area contributed by atoms with Crippen LogP contribution in [0.1, 0.15) is 17.5 Å². The van der Waals surface area contributed by atoms with Gasteiger partial charge in [-0.15, -0.1) is 12.4 Å². The number of hydrogen-bond acceptors (Lipinski definition) is 3. The number of benzene rings is 2. The van der Waals surface area contributed by atoms with Gasteiger partial charge in [-0.2, -0.15) is 5.26 Å². The lowest BCUT2D eigenvalue weighted by Gasteiger charge is -2.06. The predicted octanol–water partition coefficient (Wildman–Crippen LogP) is 3.57. The number of nitrogen functional groups attached to an aromatic ring is 1. The van der Waals surface area contributed by atoms with E-state index >= 15 is 0 Å². The van der Waals surface area contributed by atoms with Crippen LogP contribution in [-0.4, -0.2) is 6.61 Å². The van der Waals surface area contributed by atoms with Crippen LogP contribution in [0.15, 0.2) is 48.5 Å². The van der Waals surface area contributed by atoms with Crippen LogP contribution in [0.25, 0.3) is 0 Å². The highest BCUT2D eigenvalue weighted by Gasteiger charge is 1.96. The highest BCUT2D eigenvalue weighted by molar-refractivity contribution is 5.85. The normalized spacial score (nSPS) is 9.35. The molecule has 0 atom stereocenters. The van der Waals surface area contributed by atoms with Crippen molar-refractivity contribution >= 4 is 18.1 Å². The smallest absolute Gasteiger partial charge is 0.119 e. The Labute approximate surface area is 125 Å². The first-order valence-corrected chi connectivity index (χ1v) is 6.25. The van der Waals surface area contributed by atoms with Crippen molar-refractivity contribution in [1.82, 2.24) is 0 Å². The van der Waals surface area contributed by atoms with Crippen molar-refractivity contribution in [2.24, 2.45) is 0 Å². The number of nitrogens with two attached hydrogens (primary N) is 1. The molecule has 3 nitrogen and oxygen atoms in total. The van der Waals surface area contributed by atoms with Gasteiger partial charge in [-0.1, -0.05) is 12.1 Å². The molecule has 2 N–H and O–H groups in total. The van der Waals surface area contributed by atoms with Crippen LogP contribution < -0.4 is 10.5 Å². The summed E-state index contributed by atoms with van der Waals surface area (Å²) >= 11 is 0. The Hall–Kier alpha value is -2.18. The first kappa shape index (κ1) is 15.9. The summed E-state index contributed by atoms with van der Waals surface area (Å²) in [5.74, 6) is 0.802. The Kier molecular flexibility index (Phi) is 6.42. The third kappa shape index (κ3) is 4.83. The van der Waals surface area contributed by atoms with Gasteiger partial charge >= 0.3 is 0 Å². The van der Waals surface area contributed by atoms with E-state index in [1.807, 2.05) is 36.4 Å². The van der Waals surface area contributed by atoms with Gasteiger partial charge in [0.15, 0.2) is 0 Å². The van der Waals surface area contributed by atoms with Crippen LogP contribution in [0.3, 0.4) is 0 Å². The van der Waals surface area contributed by atoms with Crippen LogP contribution in [0.5, 0.6) is 5.75 Å². The third-order valence-corrected chi connectivity index (χ3v) is 2.84. The number of aryl methyl sites for hydroxylation is 1. The minimum absolute atomic E-state index is 0. The van der Waals surface area contributed by atoms with Crippen molar-refractivity contribution in [1.29, 1.82) is 5.26 Å². The Bertz CT molecular complexity index is 559. The Morgan fingerprint density at radius 3 is 2.25 bits per heavy atom. The van der Waals surface area contributed by atoms with Crippen LogP contribution in [0, 0.1) is 11.3 Å². The van der Waals surface area contributed by atoms with E-state index < -0.39 is 0 Å². The number of ether oxygens (including phenoxy) is 1. The summed E-state index contributed by atoms with van der Waals surface area (Å²) in [6, 6.07) is 17.1. The van der Waals surface area contributed by atoms with E-state index in [1.165, 1.54) is 5.56 Å². The molecule has 20 heavy (non-hydrogen) atoms. The molecule has 0 saturated heterocycles. The molecule has 0 spiro atoms. The predicted molar refractivity (Wildman–Crippen MR) is 83.1 cm³/mol. The van der Waals surface area contributed by atoms with E-state index in [0.717, 1.165) is 24.3 Å². The maximum Gasteiger partial charge on any atom is 0.119 e. The van der Waals surface area contributed by atoms with Crippen LogP contribution in [-0.2, 0) is 6.42 Å². The topological polar surface area (TPSA) is 59.0 Å². The van der Waals surface area contributed by atoms with Crippen molar-refractivity contribution in [2.45, 2.75) is 12.8 Å². The summed E-state index contributed by atoms with van der Waals surface area (Å²) in [5, 5.41) is 8.69. The van der Waals surface area contributed by atoms with Crippen molar-refractivity contribution in [2.75, 3.05) is 12.3 Å². The zero-order valence-corrected chi connectivity index (χ0v) is 11.9.